The van der Waals surface area contributed by atoms with E-state index in [2.05, 4.69) is 35.8 Å². The monoisotopic (exact) mass is 486 g/mol. The molecule has 4 aromatic rings. The number of hydrogen-bond acceptors (Lipinski definition) is 10. The van der Waals surface area contributed by atoms with Crippen LogP contribution in [0, 0.1) is 0 Å². The Hall–Kier alpha value is -4.16. The van der Waals surface area contributed by atoms with E-state index < -0.39 is 5.91 Å². The van der Waals surface area contributed by atoms with Crippen molar-refractivity contribution in [2.75, 3.05) is 12.5 Å². The Kier molecular flexibility index (Phi) is 5.28. The zero-order chi connectivity index (χ0) is 22.9. The summed E-state index contributed by atoms with van der Waals surface area (Å²) in [5, 5.41) is 19.9. The number of ether oxygens (including phenoxy) is 2. The van der Waals surface area contributed by atoms with Gasteiger partial charge in [-0.1, -0.05) is 40.5 Å². The van der Waals surface area contributed by atoms with Crippen LogP contribution >= 0.6 is 23.2 Å². The molecule has 166 valence electrons. The third-order valence-corrected chi connectivity index (χ3v) is 5.41. The van der Waals surface area contributed by atoms with E-state index in [-0.39, 0.29) is 29.8 Å². The summed E-state index contributed by atoms with van der Waals surface area (Å²) < 4.78 is 16.7. The van der Waals surface area contributed by atoms with Crippen LogP contribution in [0.2, 0.25) is 10.0 Å². The van der Waals surface area contributed by atoms with Crippen molar-refractivity contribution in [3.05, 3.63) is 57.7 Å². The van der Waals surface area contributed by atoms with Gasteiger partial charge in [0.2, 0.25) is 18.4 Å². The highest BCUT2D eigenvalue weighted by atomic mass is 35.5. The lowest BCUT2D eigenvalue weighted by molar-refractivity contribution is 0.0950. The summed E-state index contributed by atoms with van der Waals surface area (Å²) in [7, 11) is 0. The van der Waals surface area contributed by atoms with E-state index >= 15 is 0 Å². The van der Waals surface area contributed by atoms with Crippen molar-refractivity contribution < 1.29 is 18.9 Å². The fourth-order valence-corrected chi connectivity index (χ4v) is 3.41. The Morgan fingerprint density at radius 3 is 2.85 bits per heavy atom. The number of nitrogens with two attached hydrogens (primary N) is 1. The smallest absolute Gasteiger partial charge is 0.294 e. The largest absolute Gasteiger partial charge is 0.454 e. The van der Waals surface area contributed by atoms with Gasteiger partial charge in [0.05, 0.1) is 16.3 Å². The number of fused-ring (bicyclic) bond motifs is 1. The average molecular weight is 487 g/mol. The Morgan fingerprint density at radius 1 is 1.18 bits per heavy atom. The lowest BCUT2D eigenvalue weighted by atomic mass is 10.1. The van der Waals surface area contributed by atoms with Crippen molar-refractivity contribution >= 4 is 41.1 Å². The summed E-state index contributed by atoms with van der Waals surface area (Å²) in [5.41, 5.74) is 9.45. The molecule has 0 atom stereocenters. The van der Waals surface area contributed by atoms with Crippen molar-refractivity contribution in [3.8, 4) is 28.6 Å². The molecule has 0 aliphatic carbocycles. The third kappa shape index (κ3) is 3.81. The minimum atomic E-state index is -0.654. The first-order chi connectivity index (χ1) is 16.0. The molecule has 3 heterocycles. The maximum absolute atomic E-state index is 12.9. The minimum absolute atomic E-state index is 0.0394. The van der Waals surface area contributed by atoms with Crippen molar-refractivity contribution in [3.63, 3.8) is 0 Å². The van der Waals surface area contributed by atoms with Crippen molar-refractivity contribution in [1.82, 2.24) is 30.7 Å². The molecule has 2 aromatic heterocycles. The molecule has 0 fully saturated rings. The van der Waals surface area contributed by atoms with Gasteiger partial charge in [-0.15, -0.1) is 5.10 Å². The molecular formula is C19H12Cl2N8O4. The van der Waals surface area contributed by atoms with Crippen LogP contribution in [-0.2, 0) is 0 Å². The number of benzene rings is 2. The van der Waals surface area contributed by atoms with Crippen LogP contribution < -0.4 is 20.6 Å². The van der Waals surface area contributed by atoms with Crippen molar-refractivity contribution in [2.24, 2.45) is 5.10 Å². The topological polar surface area (TPSA) is 156 Å². The number of carbonyl (C=O) groups excluding carboxylic acids is 1. The second-order valence-corrected chi connectivity index (χ2v) is 7.37. The molecule has 0 bridgehead atoms. The van der Waals surface area contributed by atoms with E-state index in [4.69, 9.17) is 38.4 Å². The van der Waals surface area contributed by atoms with Crippen LogP contribution in [0.3, 0.4) is 0 Å². The molecule has 5 rings (SSSR count). The molecule has 1 aliphatic heterocycles. The number of amides is 1. The predicted octanol–water partition coefficient (Wildman–Crippen LogP) is 2.70. The van der Waals surface area contributed by atoms with E-state index in [0.29, 0.717) is 32.7 Å². The lowest BCUT2D eigenvalue weighted by Gasteiger charge is -2.07. The highest BCUT2D eigenvalue weighted by Crippen LogP contribution is 2.37. The van der Waals surface area contributed by atoms with Crippen molar-refractivity contribution in [2.45, 2.75) is 0 Å². The molecule has 12 nitrogen and oxygen atoms in total. The predicted molar refractivity (Wildman–Crippen MR) is 117 cm³/mol. The van der Waals surface area contributed by atoms with Crippen molar-refractivity contribution in [1.29, 1.82) is 0 Å². The van der Waals surface area contributed by atoms with E-state index in [1.165, 1.54) is 10.9 Å². The van der Waals surface area contributed by atoms with Crippen LogP contribution in [-0.4, -0.2) is 44.2 Å². The summed E-state index contributed by atoms with van der Waals surface area (Å²) >= 11 is 12.1. The maximum atomic E-state index is 12.9. The number of nitrogens with one attached hydrogen (secondary N) is 1. The molecule has 0 saturated heterocycles. The van der Waals surface area contributed by atoms with Gasteiger partial charge in [-0.25, -0.2) is 10.1 Å². The van der Waals surface area contributed by atoms with Crippen LogP contribution in [0.5, 0.6) is 11.5 Å². The number of hydrogen-bond donors (Lipinski definition) is 2. The summed E-state index contributed by atoms with van der Waals surface area (Å²) in [6, 6.07) is 10.1. The SMILES string of the molecule is Nc1nonc1-n1nnc(C(=O)N/N=C/c2cccc(Cl)c2Cl)c1-c1ccc2c(c1)OCO2. The minimum Gasteiger partial charge on any atom is -0.454 e. The fraction of sp³-hybridized carbons (Fsp3) is 0.0526. The highest BCUT2D eigenvalue weighted by Gasteiger charge is 2.26. The summed E-state index contributed by atoms with van der Waals surface area (Å²) in [5.74, 6) is 0.421. The van der Waals surface area contributed by atoms with Gasteiger partial charge in [-0.05, 0) is 34.6 Å². The normalized spacial score (nSPS) is 12.4. The lowest BCUT2D eigenvalue weighted by Crippen LogP contribution is -2.19. The Morgan fingerprint density at radius 2 is 2.03 bits per heavy atom. The molecule has 1 amide bonds. The molecule has 0 saturated carbocycles. The van der Waals surface area contributed by atoms with E-state index in [9.17, 15) is 4.79 Å². The average Bonchev–Trinajstić information content (AvgIpc) is 3.54. The highest BCUT2D eigenvalue weighted by molar-refractivity contribution is 6.43. The number of aromatic nitrogens is 5. The Bertz CT molecular complexity index is 1400. The van der Waals surface area contributed by atoms with Gasteiger partial charge in [-0.3, -0.25) is 4.79 Å². The second kappa shape index (κ2) is 8.41. The van der Waals surface area contributed by atoms with Crippen LogP contribution in [0.4, 0.5) is 5.82 Å². The summed E-state index contributed by atoms with van der Waals surface area (Å²) in [4.78, 5) is 12.9. The van der Waals surface area contributed by atoms with E-state index in [1.54, 1.807) is 36.4 Å². The van der Waals surface area contributed by atoms with Gasteiger partial charge in [0.15, 0.2) is 17.2 Å². The van der Waals surface area contributed by atoms with Gasteiger partial charge < -0.3 is 15.2 Å². The number of carbonyl (C=O) groups is 1. The molecule has 0 spiro atoms. The summed E-state index contributed by atoms with van der Waals surface area (Å²) in [6.07, 6.45) is 1.36. The van der Waals surface area contributed by atoms with Gasteiger partial charge in [0.1, 0.15) is 5.69 Å². The first-order valence-electron chi connectivity index (χ1n) is 9.24. The van der Waals surface area contributed by atoms with Gasteiger partial charge in [0.25, 0.3) is 5.91 Å². The number of anilines is 1. The quantitative estimate of drug-likeness (QED) is 0.319. The third-order valence-electron chi connectivity index (χ3n) is 4.58. The number of rotatable bonds is 5. The Labute approximate surface area is 194 Å². The maximum Gasteiger partial charge on any atom is 0.294 e. The molecular weight excluding hydrogens is 475 g/mol. The molecule has 3 N–H and O–H groups in total. The van der Waals surface area contributed by atoms with Gasteiger partial charge in [-0.2, -0.15) is 9.78 Å². The molecule has 1 aliphatic rings. The van der Waals surface area contributed by atoms with E-state index in [0.717, 1.165) is 0 Å². The van der Waals surface area contributed by atoms with Gasteiger partial charge >= 0.3 is 0 Å². The zero-order valence-electron chi connectivity index (χ0n) is 16.4. The number of halogens is 2. The molecule has 33 heavy (non-hydrogen) atoms. The van der Waals surface area contributed by atoms with Crippen LogP contribution in [0.1, 0.15) is 16.1 Å². The van der Waals surface area contributed by atoms with Crippen LogP contribution in [0.25, 0.3) is 17.1 Å². The van der Waals surface area contributed by atoms with Crippen LogP contribution in [0.15, 0.2) is 46.1 Å². The molecule has 0 unspecified atom stereocenters. The number of hydrazone groups is 1. The number of nitrogen functional groups attached to an aromatic ring is 1. The zero-order valence-corrected chi connectivity index (χ0v) is 17.9. The first kappa shape index (κ1) is 20.7. The van der Waals surface area contributed by atoms with E-state index in [1.807, 2.05) is 0 Å². The summed E-state index contributed by atoms with van der Waals surface area (Å²) in [6.45, 7) is 0.0879. The number of nitrogens with zero attached hydrogens (tertiary/aromatic N) is 6. The fourth-order valence-electron chi connectivity index (χ4n) is 3.06. The second-order valence-electron chi connectivity index (χ2n) is 6.58. The Balaban J connectivity index is 1.51. The standard InChI is InChI=1S/C19H12Cl2N8O4/c20-11-3-1-2-10(14(11)21)7-23-25-19(30)15-16(9-4-5-12-13(6-9)32-8-31-12)29(28-24-15)18-17(22)26-33-27-18/h1-7H,8H2,(H2,22,26)(H,25,30)/b23-7+. The first-order valence-corrected chi connectivity index (χ1v) is 10.00. The molecule has 14 heteroatoms. The van der Waals surface area contributed by atoms with Gasteiger partial charge in [0, 0.05) is 11.1 Å². The molecule has 2 aromatic carbocycles. The molecule has 0 radical (unpaired) electrons.